The van der Waals surface area contributed by atoms with Crippen molar-refractivity contribution in [3.05, 3.63) is 82.9 Å². The first kappa shape index (κ1) is 24.7. The predicted molar refractivity (Wildman–Crippen MR) is 138 cm³/mol. The molecule has 4 rings (SSSR count). The van der Waals surface area contributed by atoms with Crippen LogP contribution in [0.2, 0.25) is 5.02 Å². The maximum Gasteiger partial charge on any atom is 0.349 e. The third-order valence-corrected chi connectivity index (χ3v) is 6.11. The molecule has 1 atom stereocenters. The van der Waals surface area contributed by atoms with Crippen molar-refractivity contribution < 1.29 is 14.6 Å². The van der Waals surface area contributed by atoms with Crippen molar-refractivity contribution in [2.75, 3.05) is 0 Å². The van der Waals surface area contributed by atoms with E-state index in [-0.39, 0.29) is 10.8 Å². The first-order valence-corrected chi connectivity index (χ1v) is 11.9. The van der Waals surface area contributed by atoms with Gasteiger partial charge in [-0.3, -0.25) is 0 Å². The lowest BCUT2D eigenvalue weighted by molar-refractivity contribution is -0.145. The van der Waals surface area contributed by atoms with Crippen molar-refractivity contribution in [2.45, 2.75) is 52.6 Å². The molecule has 3 aromatic carbocycles. The van der Waals surface area contributed by atoms with E-state index in [9.17, 15) is 9.90 Å². The highest BCUT2D eigenvalue weighted by Gasteiger charge is 2.30. The molecule has 35 heavy (non-hydrogen) atoms. The first-order valence-electron chi connectivity index (χ1n) is 11.5. The van der Waals surface area contributed by atoms with E-state index in [2.05, 4.69) is 44.8 Å². The van der Waals surface area contributed by atoms with Crippen molar-refractivity contribution in [1.82, 2.24) is 15.0 Å². The van der Waals surface area contributed by atoms with Crippen molar-refractivity contribution in [1.29, 1.82) is 0 Å². The van der Waals surface area contributed by atoms with Gasteiger partial charge in [-0.1, -0.05) is 76.6 Å². The number of aromatic nitrogens is 3. The minimum absolute atomic E-state index is 0.125. The van der Waals surface area contributed by atoms with Crippen LogP contribution in [0.3, 0.4) is 0 Å². The van der Waals surface area contributed by atoms with E-state index in [1.807, 2.05) is 42.5 Å². The summed E-state index contributed by atoms with van der Waals surface area (Å²) in [5, 5.41) is 19.8. The monoisotopic (exact) mass is 491 g/mol. The smallest absolute Gasteiger partial charge is 0.349 e. The van der Waals surface area contributed by atoms with Crippen LogP contribution in [-0.4, -0.2) is 26.1 Å². The molecule has 0 spiro atoms. The van der Waals surface area contributed by atoms with Gasteiger partial charge < -0.3 is 9.84 Å². The highest BCUT2D eigenvalue weighted by atomic mass is 35.5. The van der Waals surface area contributed by atoms with Crippen molar-refractivity contribution in [2.24, 2.45) is 5.41 Å². The van der Waals surface area contributed by atoms with Crippen molar-refractivity contribution in [3.8, 4) is 11.4 Å². The van der Waals surface area contributed by atoms with Crippen molar-refractivity contribution >= 4 is 28.6 Å². The molecule has 1 aromatic heterocycles. The zero-order chi connectivity index (χ0) is 25.4. The van der Waals surface area contributed by atoms with E-state index in [0.29, 0.717) is 22.0 Å². The molecule has 0 saturated carbocycles. The Balaban J connectivity index is 1.82. The summed E-state index contributed by atoms with van der Waals surface area (Å²) in [6, 6.07) is 20.0. The first-order chi connectivity index (χ1) is 16.4. The Bertz CT molecular complexity index is 1320. The van der Waals surface area contributed by atoms with E-state index in [1.165, 1.54) is 4.80 Å². The van der Waals surface area contributed by atoms with Crippen LogP contribution in [0.5, 0.6) is 5.75 Å². The van der Waals surface area contributed by atoms with Gasteiger partial charge in [0.15, 0.2) is 0 Å². The van der Waals surface area contributed by atoms with Crippen LogP contribution in [-0.2, 0) is 10.2 Å². The van der Waals surface area contributed by atoms with E-state index < -0.39 is 12.1 Å². The maximum atomic E-state index is 12.2. The standard InChI is InChI=1S/C28H30ClN3O3/c1-27(2,3)17-28(4,5)19-12-15-24(35-25(26(33)34)18-10-13-20(29)14-11-18)23(16-19)32-30-21-8-6-7-9-22(21)31-32/h6-16,25H,17H2,1-5H3,(H,33,34). The molecule has 1 heterocycles. The zero-order valence-electron chi connectivity index (χ0n) is 20.6. The number of carboxylic acid groups (broad SMARTS) is 1. The van der Waals surface area contributed by atoms with E-state index in [4.69, 9.17) is 16.3 Å². The van der Waals surface area contributed by atoms with Crippen LogP contribution < -0.4 is 4.74 Å². The molecular weight excluding hydrogens is 462 g/mol. The largest absolute Gasteiger partial charge is 0.478 e. The van der Waals surface area contributed by atoms with Crippen LogP contribution in [0.4, 0.5) is 0 Å². The lowest BCUT2D eigenvalue weighted by Crippen LogP contribution is -2.25. The molecule has 4 aromatic rings. The molecule has 0 bridgehead atoms. The van der Waals surface area contributed by atoms with Crippen molar-refractivity contribution in [3.63, 3.8) is 0 Å². The second-order valence-electron chi connectivity index (χ2n) is 10.7. The molecule has 0 saturated heterocycles. The molecular formula is C28H30ClN3O3. The number of nitrogens with zero attached hydrogens (tertiary/aromatic N) is 3. The molecule has 0 radical (unpaired) electrons. The molecule has 182 valence electrons. The summed E-state index contributed by atoms with van der Waals surface area (Å²) in [5.74, 6) is -0.725. The number of benzene rings is 3. The van der Waals surface area contributed by atoms with Gasteiger partial charge in [-0.2, -0.15) is 0 Å². The molecule has 0 aliphatic rings. The summed E-state index contributed by atoms with van der Waals surface area (Å²) in [7, 11) is 0. The van der Waals surface area contributed by atoms with Crippen LogP contribution in [0.15, 0.2) is 66.7 Å². The Morgan fingerprint density at radius 3 is 2.11 bits per heavy atom. The second-order valence-corrected chi connectivity index (χ2v) is 11.1. The Morgan fingerprint density at radius 2 is 1.57 bits per heavy atom. The van der Waals surface area contributed by atoms with Gasteiger partial charge in [0.25, 0.3) is 0 Å². The summed E-state index contributed by atoms with van der Waals surface area (Å²) < 4.78 is 6.11. The molecule has 0 amide bonds. The third kappa shape index (κ3) is 5.65. The molecule has 7 heteroatoms. The fourth-order valence-corrected chi connectivity index (χ4v) is 4.74. The number of carboxylic acids is 1. The third-order valence-electron chi connectivity index (χ3n) is 5.86. The minimum Gasteiger partial charge on any atom is -0.478 e. The van der Waals surface area contributed by atoms with E-state index in [0.717, 1.165) is 23.0 Å². The number of aliphatic carboxylic acids is 1. The molecule has 0 aliphatic heterocycles. The van der Waals surface area contributed by atoms with Gasteiger partial charge in [0.2, 0.25) is 6.10 Å². The van der Waals surface area contributed by atoms with Gasteiger partial charge in [0, 0.05) is 10.6 Å². The van der Waals surface area contributed by atoms with Crippen LogP contribution in [0.1, 0.15) is 58.3 Å². The number of halogens is 1. The Morgan fingerprint density at radius 1 is 0.971 bits per heavy atom. The quantitative estimate of drug-likeness (QED) is 0.301. The molecule has 1 N–H and O–H groups in total. The normalized spacial score (nSPS) is 13.1. The van der Waals surface area contributed by atoms with E-state index in [1.54, 1.807) is 24.3 Å². The maximum absolute atomic E-state index is 12.2. The van der Waals surface area contributed by atoms with Gasteiger partial charge in [-0.05, 0) is 59.2 Å². The lowest BCUT2D eigenvalue weighted by Gasteiger charge is -2.33. The molecule has 6 nitrogen and oxygen atoms in total. The Kier molecular flexibility index (Phi) is 6.60. The SMILES string of the molecule is CC(C)(C)CC(C)(C)c1ccc(OC(C(=O)O)c2ccc(Cl)cc2)c(-n2nc3ccccc3n2)c1. The fourth-order valence-electron chi connectivity index (χ4n) is 4.62. The van der Waals surface area contributed by atoms with Crippen LogP contribution >= 0.6 is 11.6 Å². The van der Waals surface area contributed by atoms with Crippen LogP contribution in [0, 0.1) is 5.41 Å². The molecule has 0 fully saturated rings. The second kappa shape index (κ2) is 9.34. The van der Waals surface area contributed by atoms with Gasteiger partial charge >= 0.3 is 5.97 Å². The van der Waals surface area contributed by atoms with Gasteiger partial charge in [-0.25, -0.2) is 4.79 Å². The highest BCUT2D eigenvalue weighted by Crippen LogP contribution is 2.39. The number of carbonyl (C=O) groups is 1. The lowest BCUT2D eigenvalue weighted by atomic mass is 9.72. The Hall–Kier alpha value is -3.38. The van der Waals surface area contributed by atoms with E-state index >= 15 is 0 Å². The van der Waals surface area contributed by atoms with Gasteiger partial charge in [0.05, 0.1) is 0 Å². The molecule has 1 unspecified atom stereocenters. The minimum atomic E-state index is -1.22. The number of hydrogen-bond acceptors (Lipinski definition) is 4. The number of rotatable bonds is 7. The average molecular weight is 492 g/mol. The van der Waals surface area contributed by atoms with Gasteiger partial charge in [0.1, 0.15) is 22.5 Å². The number of hydrogen-bond donors (Lipinski definition) is 1. The predicted octanol–water partition coefficient (Wildman–Crippen LogP) is 6.99. The fraction of sp³-hybridized carbons (Fsp3) is 0.321. The highest BCUT2D eigenvalue weighted by molar-refractivity contribution is 6.30. The van der Waals surface area contributed by atoms with Crippen LogP contribution in [0.25, 0.3) is 16.7 Å². The Labute approximate surface area is 210 Å². The number of ether oxygens (including phenoxy) is 1. The van der Waals surface area contributed by atoms with Gasteiger partial charge in [-0.15, -0.1) is 15.0 Å². The summed E-state index contributed by atoms with van der Waals surface area (Å²) in [4.78, 5) is 13.7. The number of fused-ring (bicyclic) bond motifs is 1. The summed E-state index contributed by atoms with van der Waals surface area (Å²) in [6.45, 7) is 11.1. The summed E-state index contributed by atoms with van der Waals surface area (Å²) in [6.07, 6.45) is -0.263. The molecule has 0 aliphatic carbocycles. The summed E-state index contributed by atoms with van der Waals surface area (Å²) in [5.41, 5.74) is 3.63. The average Bonchev–Trinajstić information content (AvgIpc) is 3.20. The topological polar surface area (TPSA) is 77.2 Å². The zero-order valence-corrected chi connectivity index (χ0v) is 21.4. The summed E-state index contributed by atoms with van der Waals surface area (Å²) >= 11 is 6.00.